The monoisotopic (exact) mass is 775 g/mol. The maximum Gasteiger partial charge on any atom is 0.160 e. The lowest BCUT2D eigenvalue weighted by molar-refractivity contribution is 1.17. The number of rotatable bonds is 6. The van der Waals surface area contributed by atoms with Crippen molar-refractivity contribution in [2.45, 2.75) is 0 Å². The molecule has 0 aliphatic carbocycles. The van der Waals surface area contributed by atoms with Crippen molar-refractivity contribution >= 4 is 54.3 Å². The van der Waals surface area contributed by atoms with Crippen LogP contribution in [-0.2, 0) is 0 Å². The van der Waals surface area contributed by atoms with E-state index in [-0.39, 0.29) is 0 Å². The summed E-state index contributed by atoms with van der Waals surface area (Å²) >= 11 is 0. The van der Waals surface area contributed by atoms with E-state index in [9.17, 15) is 0 Å². The number of hydrogen-bond donors (Lipinski definition) is 0. The van der Waals surface area contributed by atoms with Crippen LogP contribution in [0.15, 0.2) is 224 Å². The Balaban J connectivity index is 1.01. The normalized spacial score (nSPS) is 11.6. The Bertz CT molecular complexity index is 3610. The minimum Gasteiger partial charge on any atom is -0.309 e. The molecule has 0 spiro atoms. The van der Waals surface area contributed by atoms with E-state index < -0.39 is 0 Å². The van der Waals surface area contributed by atoms with Crippen molar-refractivity contribution in [1.82, 2.24) is 14.5 Å². The molecular formula is C58H37N3. The Hall–Kier alpha value is -8.14. The van der Waals surface area contributed by atoms with Crippen molar-refractivity contribution in [3.05, 3.63) is 224 Å². The maximum absolute atomic E-state index is 5.33. The number of benzene rings is 10. The van der Waals surface area contributed by atoms with E-state index in [0.29, 0.717) is 5.82 Å². The van der Waals surface area contributed by atoms with Gasteiger partial charge in [0.2, 0.25) is 0 Å². The van der Waals surface area contributed by atoms with E-state index in [2.05, 4.69) is 229 Å². The summed E-state index contributed by atoms with van der Waals surface area (Å²) < 4.78 is 2.41. The van der Waals surface area contributed by atoms with Gasteiger partial charge in [0, 0.05) is 33.0 Å². The number of nitrogens with zero attached hydrogens (tertiary/aromatic N) is 3. The molecule has 0 N–H and O–H groups in total. The molecule has 0 unspecified atom stereocenters. The zero-order chi connectivity index (χ0) is 40.3. The fraction of sp³-hybridized carbons (Fsp3) is 0. The summed E-state index contributed by atoms with van der Waals surface area (Å²) in [6.45, 7) is 0. The van der Waals surface area contributed by atoms with Gasteiger partial charge in [-0.15, -0.1) is 0 Å². The molecule has 2 aromatic heterocycles. The van der Waals surface area contributed by atoms with Crippen LogP contribution < -0.4 is 0 Å². The molecule has 0 aliphatic heterocycles. The molecule has 0 saturated heterocycles. The van der Waals surface area contributed by atoms with E-state index in [1.165, 1.54) is 60.1 Å². The summed E-state index contributed by atoms with van der Waals surface area (Å²) in [4.78, 5) is 10.6. The van der Waals surface area contributed by atoms with Gasteiger partial charge in [0.05, 0.1) is 22.2 Å². The van der Waals surface area contributed by atoms with Gasteiger partial charge in [-0.2, -0.15) is 0 Å². The van der Waals surface area contributed by atoms with Gasteiger partial charge < -0.3 is 4.57 Å². The minimum absolute atomic E-state index is 0.696. The zero-order valence-electron chi connectivity index (χ0n) is 33.2. The summed E-state index contributed by atoms with van der Waals surface area (Å²) in [7, 11) is 0. The van der Waals surface area contributed by atoms with Crippen LogP contribution >= 0.6 is 0 Å². The first kappa shape index (κ1) is 34.9. The molecule has 12 aromatic rings. The van der Waals surface area contributed by atoms with Crippen molar-refractivity contribution in [3.63, 3.8) is 0 Å². The summed E-state index contributed by atoms with van der Waals surface area (Å²) in [6, 6.07) is 80.6. The molecule has 3 nitrogen and oxygen atoms in total. The second-order valence-electron chi connectivity index (χ2n) is 15.8. The molecule has 10 aromatic carbocycles. The molecule has 284 valence electrons. The second kappa shape index (κ2) is 14.3. The second-order valence-corrected chi connectivity index (χ2v) is 15.8. The highest BCUT2D eigenvalue weighted by Crippen LogP contribution is 2.41. The van der Waals surface area contributed by atoms with E-state index in [1.54, 1.807) is 0 Å². The molecule has 0 aliphatic rings. The lowest BCUT2D eigenvalue weighted by Crippen LogP contribution is -1.97. The third-order valence-corrected chi connectivity index (χ3v) is 12.2. The standard InChI is InChI=1S/C58H37N3/c1-3-12-38(13-4-1)41-22-25-42(26-23-41)50-20-11-21-54-56(50)52-35-45-18-9-10-19-46(45)37-55(52)61(54)49-31-28-43(29-32-49)58-59-53-36-47(39-14-5-2-6-15-39)30-33-51(53)57(60-58)48-27-24-40-16-7-8-17-44(40)34-48/h1-37H. The van der Waals surface area contributed by atoms with Crippen molar-refractivity contribution in [2.75, 3.05) is 0 Å². The average Bonchev–Trinajstić information content (AvgIpc) is 3.66. The van der Waals surface area contributed by atoms with Gasteiger partial charge in [0.1, 0.15) is 0 Å². The van der Waals surface area contributed by atoms with E-state index in [1.807, 2.05) is 0 Å². The highest BCUT2D eigenvalue weighted by atomic mass is 15.0. The maximum atomic E-state index is 5.33. The highest BCUT2D eigenvalue weighted by molar-refractivity contribution is 6.18. The van der Waals surface area contributed by atoms with Gasteiger partial charge in [-0.25, -0.2) is 9.97 Å². The molecule has 0 fully saturated rings. The molecule has 12 rings (SSSR count). The van der Waals surface area contributed by atoms with Crippen LogP contribution in [0.25, 0.3) is 116 Å². The number of hydrogen-bond acceptors (Lipinski definition) is 2. The minimum atomic E-state index is 0.696. The van der Waals surface area contributed by atoms with E-state index in [0.717, 1.165) is 50.1 Å². The first-order valence-electron chi connectivity index (χ1n) is 20.8. The summed E-state index contributed by atoms with van der Waals surface area (Å²) in [5, 5.41) is 8.33. The first-order chi connectivity index (χ1) is 30.2. The topological polar surface area (TPSA) is 30.7 Å². The van der Waals surface area contributed by atoms with Gasteiger partial charge >= 0.3 is 0 Å². The van der Waals surface area contributed by atoms with Crippen LogP contribution in [0, 0.1) is 0 Å². The molecular weight excluding hydrogens is 739 g/mol. The molecule has 0 amide bonds. The van der Waals surface area contributed by atoms with Crippen molar-refractivity contribution in [3.8, 4) is 61.7 Å². The third-order valence-electron chi connectivity index (χ3n) is 12.2. The lowest BCUT2D eigenvalue weighted by Gasteiger charge is -2.13. The highest BCUT2D eigenvalue weighted by Gasteiger charge is 2.19. The predicted molar refractivity (Wildman–Crippen MR) is 256 cm³/mol. The van der Waals surface area contributed by atoms with Gasteiger partial charge in [-0.05, 0) is 116 Å². The van der Waals surface area contributed by atoms with Crippen LogP contribution in [0.3, 0.4) is 0 Å². The average molecular weight is 776 g/mol. The largest absolute Gasteiger partial charge is 0.309 e. The van der Waals surface area contributed by atoms with Gasteiger partial charge in [0.15, 0.2) is 5.82 Å². The Labute approximate surface area is 353 Å². The number of fused-ring (bicyclic) bond motifs is 6. The molecule has 3 heteroatoms. The zero-order valence-corrected chi connectivity index (χ0v) is 33.2. The number of aromatic nitrogens is 3. The summed E-state index contributed by atoms with van der Waals surface area (Å²) in [6.07, 6.45) is 0. The summed E-state index contributed by atoms with van der Waals surface area (Å²) in [5.74, 6) is 0.696. The molecule has 2 heterocycles. The Kier molecular flexibility index (Phi) is 8.17. The Morgan fingerprint density at radius 2 is 0.885 bits per heavy atom. The fourth-order valence-electron chi connectivity index (χ4n) is 9.13. The molecule has 61 heavy (non-hydrogen) atoms. The van der Waals surface area contributed by atoms with Crippen molar-refractivity contribution in [2.24, 2.45) is 0 Å². The molecule has 0 radical (unpaired) electrons. The molecule has 0 saturated carbocycles. The third kappa shape index (κ3) is 6.06. The Morgan fingerprint density at radius 3 is 1.62 bits per heavy atom. The van der Waals surface area contributed by atoms with Gasteiger partial charge in [-0.3, -0.25) is 0 Å². The van der Waals surface area contributed by atoms with Crippen LogP contribution in [-0.4, -0.2) is 14.5 Å². The molecule has 0 bridgehead atoms. The van der Waals surface area contributed by atoms with E-state index in [4.69, 9.17) is 9.97 Å². The van der Waals surface area contributed by atoms with Crippen molar-refractivity contribution in [1.29, 1.82) is 0 Å². The Morgan fingerprint density at radius 1 is 0.311 bits per heavy atom. The molecule has 0 atom stereocenters. The van der Waals surface area contributed by atoms with Crippen LogP contribution in [0.5, 0.6) is 0 Å². The van der Waals surface area contributed by atoms with Gasteiger partial charge in [0.25, 0.3) is 0 Å². The lowest BCUT2D eigenvalue weighted by atomic mass is 9.96. The van der Waals surface area contributed by atoms with Crippen molar-refractivity contribution < 1.29 is 0 Å². The van der Waals surface area contributed by atoms with Crippen LogP contribution in [0.2, 0.25) is 0 Å². The van der Waals surface area contributed by atoms with Crippen LogP contribution in [0.4, 0.5) is 0 Å². The fourth-order valence-corrected chi connectivity index (χ4v) is 9.13. The van der Waals surface area contributed by atoms with E-state index >= 15 is 0 Å². The summed E-state index contributed by atoms with van der Waals surface area (Å²) in [5.41, 5.74) is 14.4. The quantitative estimate of drug-likeness (QED) is 0.168. The van der Waals surface area contributed by atoms with Gasteiger partial charge in [-0.1, -0.05) is 164 Å². The predicted octanol–water partition coefficient (Wildman–Crippen LogP) is 15.4. The smallest absolute Gasteiger partial charge is 0.160 e. The SMILES string of the molecule is c1ccc(-c2ccc(-c3cccc4c3c3cc5ccccc5cc3n4-c3ccc(-c4nc(-c5ccc6ccccc6c5)c5ccc(-c6ccccc6)cc5n4)cc3)cc2)cc1. The van der Waals surface area contributed by atoms with Crippen LogP contribution in [0.1, 0.15) is 0 Å². The first-order valence-corrected chi connectivity index (χ1v) is 20.8.